The molecule has 0 aliphatic heterocycles. The highest BCUT2D eigenvalue weighted by atomic mass is 16.6. The Labute approximate surface area is 107 Å². The lowest BCUT2D eigenvalue weighted by molar-refractivity contribution is 0.0636. The molecule has 18 heavy (non-hydrogen) atoms. The summed E-state index contributed by atoms with van der Waals surface area (Å²) in [5, 5.41) is 5.65. The maximum Gasteiger partial charge on any atom is 0.412 e. The SMILES string of the molecule is C=CCNc1ccc(NC(=O)OC(C)(C)C)cn1. The van der Waals surface area contributed by atoms with E-state index in [-0.39, 0.29) is 0 Å². The van der Waals surface area contributed by atoms with Crippen LogP contribution in [0.3, 0.4) is 0 Å². The minimum absolute atomic E-state index is 0.490. The van der Waals surface area contributed by atoms with Gasteiger partial charge in [0.1, 0.15) is 11.4 Å². The average molecular weight is 249 g/mol. The fourth-order valence-electron chi connectivity index (χ4n) is 1.17. The first-order valence-electron chi connectivity index (χ1n) is 5.71. The highest BCUT2D eigenvalue weighted by Gasteiger charge is 2.16. The zero-order chi connectivity index (χ0) is 13.6. The predicted molar refractivity (Wildman–Crippen MR) is 72.8 cm³/mol. The van der Waals surface area contributed by atoms with Gasteiger partial charge in [0.2, 0.25) is 0 Å². The first-order valence-corrected chi connectivity index (χ1v) is 5.71. The van der Waals surface area contributed by atoms with E-state index in [9.17, 15) is 4.79 Å². The average Bonchev–Trinajstić information content (AvgIpc) is 2.25. The molecule has 0 unspecified atom stereocenters. The normalized spacial score (nSPS) is 10.6. The third kappa shape index (κ3) is 5.34. The summed E-state index contributed by atoms with van der Waals surface area (Å²) in [5.41, 5.74) is 0.0802. The zero-order valence-electron chi connectivity index (χ0n) is 11.0. The molecule has 0 bridgehead atoms. The fraction of sp³-hybridized carbons (Fsp3) is 0.385. The number of rotatable bonds is 4. The summed E-state index contributed by atoms with van der Waals surface area (Å²) in [6.07, 6.45) is 2.82. The van der Waals surface area contributed by atoms with Crippen LogP contribution < -0.4 is 10.6 Å². The molecule has 1 amide bonds. The Bertz CT molecular complexity index is 407. The number of nitrogens with zero attached hydrogens (tertiary/aromatic N) is 1. The van der Waals surface area contributed by atoms with Crippen LogP contribution in [0.4, 0.5) is 16.3 Å². The second kappa shape index (κ2) is 6.05. The largest absolute Gasteiger partial charge is 0.444 e. The van der Waals surface area contributed by atoms with Crippen LogP contribution >= 0.6 is 0 Å². The Morgan fingerprint density at radius 1 is 1.50 bits per heavy atom. The zero-order valence-corrected chi connectivity index (χ0v) is 11.0. The fourth-order valence-corrected chi connectivity index (χ4v) is 1.17. The summed E-state index contributed by atoms with van der Waals surface area (Å²) >= 11 is 0. The van der Waals surface area contributed by atoms with Crippen LogP contribution in [0.15, 0.2) is 31.0 Å². The smallest absolute Gasteiger partial charge is 0.412 e. The van der Waals surface area contributed by atoms with Gasteiger partial charge in [0.25, 0.3) is 0 Å². The molecule has 0 aliphatic carbocycles. The maximum absolute atomic E-state index is 11.5. The molecule has 0 fully saturated rings. The third-order valence-electron chi connectivity index (χ3n) is 1.84. The molecule has 0 spiro atoms. The molecule has 0 aromatic carbocycles. The van der Waals surface area contributed by atoms with E-state index in [0.717, 1.165) is 5.82 Å². The predicted octanol–water partition coefficient (Wildman–Crippen LogP) is 3.03. The first kappa shape index (κ1) is 14.0. The monoisotopic (exact) mass is 249 g/mol. The third-order valence-corrected chi connectivity index (χ3v) is 1.84. The van der Waals surface area contributed by atoms with Crippen LogP contribution in [0.5, 0.6) is 0 Å². The van der Waals surface area contributed by atoms with E-state index in [1.165, 1.54) is 0 Å². The number of hydrogen-bond donors (Lipinski definition) is 2. The summed E-state index contributed by atoms with van der Waals surface area (Å²) in [6, 6.07) is 3.53. The van der Waals surface area contributed by atoms with Gasteiger partial charge in [-0.1, -0.05) is 6.08 Å². The van der Waals surface area contributed by atoms with E-state index in [0.29, 0.717) is 12.2 Å². The highest BCUT2D eigenvalue weighted by molar-refractivity contribution is 5.84. The Kier molecular flexibility index (Phi) is 4.71. The van der Waals surface area contributed by atoms with Crippen molar-refractivity contribution < 1.29 is 9.53 Å². The number of amides is 1. The van der Waals surface area contributed by atoms with Gasteiger partial charge in [-0.15, -0.1) is 6.58 Å². The summed E-state index contributed by atoms with van der Waals surface area (Å²) in [6.45, 7) is 9.69. The van der Waals surface area contributed by atoms with Crippen LogP contribution in [-0.2, 0) is 4.74 Å². The lowest BCUT2D eigenvalue weighted by atomic mass is 10.2. The quantitative estimate of drug-likeness (QED) is 0.805. The van der Waals surface area contributed by atoms with Gasteiger partial charge >= 0.3 is 6.09 Å². The maximum atomic E-state index is 11.5. The van der Waals surface area contributed by atoms with Gasteiger partial charge in [0.05, 0.1) is 11.9 Å². The molecule has 0 aliphatic rings. The molecule has 0 saturated carbocycles. The summed E-state index contributed by atoms with van der Waals surface area (Å²) in [4.78, 5) is 15.6. The number of carbonyl (C=O) groups is 1. The molecule has 5 nitrogen and oxygen atoms in total. The number of carbonyl (C=O) groups excluding carboxylic acids is 1. The molecule has 1 aromatic heterocycles. The molecule has 98 valence electrons. The van der Waals surface area contributed by atoms with Gasteiger partial charge < -0.3 is 10.1 Å². The second-order valence-corrected chi connectivity index (χ2v) is 4.73. The molecule has 2 N–H and O–H groups in total. The molecule has 1 rings (SSSR count). The van der Waals surface area contributed by atoms with Crippen LogP contribution in [0.25, 0.3) is 0 Å². The van der Waals surface area contributed by atoms with E-state index in [4.69, 9.17) is 4.74 Å². The van der Waals surface area contributed by atoms with Gasteiger partial charge in [0.15, 0.2) is 0 Å². The van der Waals surface area contributed by atoms with Crippen molar-refractivity contribution in [3.8, 4) is 0 Å². The van der Waals surface area contributed by atoms with Gasteiger partial charge in [-0.2, -0.15) is 0 Å². The van der Waals surface area contributed by atoms with Crippen molar-refractivity contribution >= 4 is 17.6 Å². The number of anilines is 2. The lowest BCUT2D eigenvalue weighted by Crippen LogP contribution is -2.27. The van der Waals surface area contributed by atoms with Crippen molar-refractivity contribution in [1.29, 1.82) is 0 Å². The molecule has 0 atom stereocenters. The van der Waals surface area contributed by atoms with Crippen LogP contribution in [0.1, 0.15) is 20.8 Å². The van der Waals surface area contributed by atoms with Crippen molar-refractivity contribution in [3.63, 3.8) is 0 Å². The van der Waals surface area contributed by atoms with Crippen LogP contribution in [0, 0.1) is 0 Å². The van der Waals surface area contributed by atoms with Crippen molar-refractivity contribution in [2.75, 3.05) is 17.2 Å². The number of ether oxygens (including phenoxy) is 1. The molecule has 0 saturated heterocycles. The Balaban J connectivity index is 2.53. The van der Waals surface area contributed by atoms with Crippen molar-refractivity contribution in [2.24, 2.45) is 0 Å². The highest BCUT2D eigenvalue weighted by Crippen LogP contribution is 2.12. The lowest BCUT2D eigenvalue weighted by Gasteiger charge is -2.19. The van der Waals surface area contributed by atoms with Gasteiger partial charge in [-0.25, -0.2) is 9.78 Å². The minimum Gasteiger partial charge on any atom is -0.444 e. The standard InChI is InChI=1S/C13H19N3O2/c1-5-8-14-11-7-6-10(9-15-11)16-12(17)18-13(2,3)4/h5-7,9H,1,8H2,2-4H3,(H,14,15)(H,16,17). The molecule has 5 heteroatoms. The molecule has 0 radical (unpaired) electrons. The Morgan fingerprint density at radius 2 is 2.22 bits per heavy atom. The summed E-state index contributed by atoms with van der Waals surface area (Å²) in [5.74, 6) is 0.727. The molecular formula is C13H19N3O2. The molecule has 1 aromatic rings. The molecular weight excluding hydrogens is 230 g/mol. The van der Waals surface area contributed by atoms with Crippen LogP contribution in [0.2, 0.25) is 0 Å². The second-order valence-electron chi connectivity index (χ2n) is 4.73. The van der Waals surface area contributed by atoms with Crippen LogP contribution in [-0.4, -0.2) is 23.2 Å². The van der Waals surface area contributed by atoms with Gasteiger partial charge in [-0.3, -0.25) is 5.32 Å². The van der Waals surface area contributed by atoms with Crippen molar-refractivity contribution in [3.05, 3.63) is 31.0 Å². The van der Waals surface area contributed by atoms with Gasteiger partial charge in [-0.05, 0) is 32.9 Å². The van der Waals surface area contributed by atoms with E-state index in [1.54, 1.807) is 24.4 Å². The number of pyridine rings is 1. The van der Waals surface area contributed by atoms with E-state index < -0.39 is 11.7 Å². The Morgan fingerprint density at radius 3 is 2.72 bits per heavy atom. The van der Waals surface area contributed by atoms with Gasteiger partial charge in [0, 0.05) is 6.54 Å². The summed E-state index contributed by atoms with van der Waals surface area (Å²) < 4.78 is 5.13. The van der Waals surface area contributed by atoms with Crippen molar-refractivity contribution in [1.82, 2.24) is 4.98 Å². The molecule has 1 heterocycles. The number of aromatic nitrogens is 1. The number of hydrogen-bond acceptors (Lipinski definition) is 4. The minimum atomic E-state index is -0.511. The number of nitrogens with one attached hydrogen (secondary N) is 2. The summed E-state index contributed by atoms with van der Waals surface area (Å²) in [7, 11) is 0. The van der Waals surface area contributed by atoms with E-state index in [1.807, 2.05) is 20.8 Å². The first-order chi connectivity index (χ1) is 8.40. The Hall–Kier alpha value is -2.04. The van der Waals surface area contributed by atoms with E-state index in [2.05, 4.69) is 22.2 Å². The topological polar surface area (TPSA) is 63.2 Å². The van der Waals surface area contributed by atoms with E-state index >= 15 is 0 Å². The van der Waals surface area contributed by atoms with Crippen molar-refractivity contribution in [2.45, 2.75) is 26.4 Å².